The van der Waals surface area contributed by atoms with Gasteiger partial charge in [0.15, 0.2) is 0 Å². The fourth-order valence-corrected chi connectivity index (χ4v) is 5.66. The highest BCUT2D eigenvalue weighted by atomic mass is 32.2. The zero-order valence-corrected chi connectivity index (χ0v) is 23.2. The van der Waals surface area contributed by atoms with Gasteiger partial charge in [0.2, 0.25) is 20.0 Å². The number of rotatable bonds is 2. The van der Waals surface area contributed by atoms with Crippen molar-refractivity contribution >= 4 is 31.4 Å². The molecule has 0 spiro atoms. The van der Waals surface area contributed by atoms with E-state index < -0.39 is 29.9 Å². The van der Waals surface area contributed by atoms with E-state index in [1.807, 2.05) is 0 Å². The molecule has 1 aliphatic heterocycles. The van der Waals surface area contributed by atoms with Gasteiger partial charge in [0, 0.05) is 25.2 Å². The number of hydrogen-bond acceptors (Lipinski definition) is 13. The lowest BCUT2D eigenvalue weighted by molar-refractivity contribution is -0.385. The van der Waals surface area contributed by atoms with Crippen LogP contribution in [0.5, 0.6) is 11.5 Å². The second kappa shape index (κ2) is 15.0. The van der Waals surface area contributed by atoms with Gasteiger partial charge in [-0.2, -0.15) is 0 Å². The number of nitro groups is 2. The van der Waals surface area contributed by atoms with Gasteiger partial charge < -0.3 is 23.7 Å². The summed E-state index contributed by atoms with van der Waals surface area (Å²) < 4.78 is 82.7. The number of hydrogen-bond donors (Lipinski definition) is 2. The smallest absolute Gasteiger partial charge is 0.273 e. The van der Waals surface area contributed by atoms with E-state index in [1.54, 1.807) is 0 Å². The van der Waals surface area contributed by atoms with Crippen LogP contribution < -0.4 is 18.9 Å². The Morgan fingerprint density at radius 3 is 1.34 bits per heavy atom. The molecule has 1 heterocycles. The van der Waals surface area contributed by atoms with Gasteiger partial charge in [0.1, 0.15) is 34.5 Å². The van der Waals surface area contributed by atoms with E-state index in [2.05, 4.69) is 9.44 Å². The molecule has 41 heavy (non-hydrogen) atoms. The zero-order valence-electron chi connectivity index (χ0n) is 21.6. The third-order valence-corrected chi connectivity index (χ3v) is 8.28. The Kier molecular flexibility index (Phi) is 11.7. The minimum Gasteiger partial charge on any atom is -0.489 e. The first-order valence-electron chi connectivity index (χ1n) is 12.1. The topological polar surface area (TPSA) is 225 Å². The van der Waals surface area contributed by atoms with Crippen LogP contribution in [0.4, 0.5) is 11.4 Å². The molecule has 0 atom stereocenters. The number of nitrogens with one attached hydrogen (secondary N) is 2. The van der Waals surface area contributed by atoms with Crippen LogP contribution in [0.3, 0.4) is 0 Å². The Morgan fingerprint density at radius 1 is 0.585 bits per heavy atom. The molecule has 19 heteroatoms. The maximum Gasteiger partial charge on any atom is 0.273 e. The molecule has 2 aromatic carbocycles. The molecule has 2 N–H and O–H groups in total. The van der Waals surface area contributed by atoms with E-state index >= 15 is 0 Å². The molecule has 226 valence electrons. The molecule has 0 fully saturated rings. The number of nitrogens with zero attached hydrogens (tertiary/aromatic N) is 2. The molecular weight excluding hydrogens is 592 g/mol. The van der Waals surface area contributed by atoms with Gasteiger partial charge in [-0.3, -0.25) is 20.2 Å². The van der Waals surface area contributed by atoms with Gasteiger partial charge in [-0.15, -0.1) is 0 Å². The standard InChI is InChI=1S/C22H28N4O13S2/c27-25(28)17-1-3-21-19(15-17)38-13-11-37-12-14-39-20-16-18(26(29)30)2-4-22(20)41(33,34)24-6-8-36-10-9-35-7-5-23-40(21,31)32/h1-4,15-16,23-24H,5-14H2. The van der Waals surface area contributed by atoms with E-state index in [-0.39, 0.29) is 98.6 Å². The Hall–Kier alpha value is -3.46. The van der Waals surface area contributed by atoms with Gasteiger partial charge in [-0.25, -0.2) is 26.3 Å². The van der Waals surface area contributed by atoms with Gasteiger partial charge >= 0.3 is 0 Å². The summed E-state index contributed by atoms with van der Waals surface area (Å²) in [6.07, 6.45) is 0. The van der Waals surface area contributed by atoms with Gasteiger partial charge in [0.05, 0.1) is 61.6 Å². The fraction of sp³-hybridized carbons (Fsp3) is 0.455. The third-order valence-electron chi connectivity index (χ3n) is 5.27. The molecule has 0 saturated heterocycles. The SMILES string of the molecule is O=[N+]([O-])c1ccc2c(c1)OCCOCCOc1cc([N+](=O)[O-])ccc1S(=O)(=O)NCCOCCOCCNS2(=O)=O. The molecule has 0 bridgehead atoms. The van der Waals surface area contributed by atoms with Crippen molar-refractivity contribution in [3.63, 3.8) is 0 Å². The summed E-state index contributed by atoms with van der Waals surface area (Å²) in [4.78, 5) is 20.3. The zero-order chi connectivity index (χ0) is 29.9. The first kappa shape index (κ1) is 32.1. The van der Waals surface area contributed by atoms with Gasteiger partial charge in [-0.1, -0.05) is 0 Å². The Morgan fingerprint density at radius 2 is 0.951 bits per heavy atom. The Labute approximate surface area is 235 Å². The first-order chi connectivity index (χ1) is 19.5. The first-order valence-corrected chi connectivity index (χ1v) is 15.0. The minimum absolute atomic E-state index is 0.0187. The van der Waals surface area contributed by atoms with Crippen molar-refractivity contribution in [1.82, 2.24) is 9.44 Å². The van der Waals surface area contributed by atoms with Crippen LogP contribution in [0.15, 0.2) is 46.2 Å². The van der Waals surface area contributed by atoms with Crippen molar-refractivity contribution in [1.29, 1.82) is 0 Å². The molecule has 0 radical (unpaired) electrons. The van der Waals surface area contributed by atoms with E-state index in [0.717, 1.165) is 36.4 Å². The van der Waals surface area contributed by atoms with Crippen LogP contribution in [-0.2, 0) is 34.3 Å². The molecule has 0 aromatic heterocycles. The largest absolute Gasteiger partial charge is 0.489 e. The van der Waals surface area contributed by atoms with Gasteiger partial charge in [-0.05, 0) is 12.1 Å². The van der Waals surface area contributed by atoms with E-state index in [9.17, 15) is 37.1 Å². The van der Waals surface area contributed by atoms with Crippen molar-refractivity contribution in [2.45, 2.75) is 9.79 Å². The van der Waals surface area contributed by atoms with Gasteiger partial charge in [0.25, 0.3) is 11.4 Å². The van der Waals surface area contributed by atoms with Crippen LogP contribution in [0.25, 0.3) is 0 Å². The monoisotopic (exact) mass is 620 g/mol. The van der Waals surface area contributed by atoms with Crippen molar-refractivity contribution in [3.8, 4) is 11.5 Å². The Bertz CT molecular complexity index is 1330. The lowest BCUT2D eigenvalue weighted by atomic mass is 10.3. The predicted octanol–water partition coefficient (Wildman–Crippen LogP) is 0.581. The molecule has 0 amide bonds. The quantitative estimate of drug-likeness (QED) is 0.346. The molecule has 0 unspecified atom stereocenters. The molecule has 2 aromatic rings. The van der Waals surface area contributed by atoms with E-state index in [0.29, 0.717) is 0 Å². The molecular formula is C22H28N4O13S2. The third kappa shape index (κ3) is 9.56. The number of sulfonamides is 2. The highest BCUT2D eigenvalue weighted by Crippen LogP contribution is 2.30. The van der Waals surface area contributed by atoms with Crippen LogP contribution in [0.1, 0.15) is 0 Å². The van der Waals surface area contributed by atoms with Crippen LogP contribution in [-0.4, -0.2) is 92.6 Å². The lowest BCUT2D eigenvalue weighted by Gasteiger charge is -2.14. The molecule has 17 nitrogen and oxygen atoms in total. The average Bonchev–Trinajstić information content (AvgIpc) is 2.92. The van der Waals surface area contributed by atoms with E-state index in [4.69, 9.17) is 23.7 Å². The minimum atomic E-state index is -4.12. The van der Waals surface area contributed by atoms with Crippen LogP contribution in [0.2, 0.25) is 0 Å². The predicted molar refractivity (Wildman–Crippen MR) is 140 cm³/mol. The summed E-state index contributed by atoms with van der Waals surface area (Å²) in [6, 6.07) is 6.13. The summed E-state index contributed by atoms with van der Waals surface area (Å²) in [7, 11) is -8.24. The average molecular weight is 621 g/mol. The summed E-state index contributed by atoms with van der Waals surface area (Å²) in [5, 5.41) is 22.4. The van der Waals surface area contributed by atoms with Crippen molar-refractivity contribution in [3.05, 3.63) is 56.6 Å². The highest BCUT2D eigenvalue weighted by Gasteiger charge is 2.24. The number of non-ortho nitro benzene ring substituents is 2. The Balaban J connectivity index is 1.75. The summed E-state index contributed by atoms with van der Waals surface area (Å²) >= 11 is 0. The normalized spacial score (nSPS) is 19.3. The number of fused-ring (bicyclic) bond motifs is 2. The van der Waals surface area contributed by atoms with Crippen LogP contribution in [0, 0.1) is 20.2 Å². The summed E-state index contributed by atoms with van der Waals surface area (Å²) in [5.41, 5.74) is -0.766. The van der Waals surface area contributed by atoms with Crippen molar-refractivity contribution in [2.24, 2.45) is 0 Å². The highest BCUT2D eigenvalue weighted by molar-refractivity contribution is 7.89. The molecule has 1 aliphatic rings. The second-order valence-electron chi connectivity index (χ2n) is 8.11. The van der Waals surface area contributed by atoms with Crippen molar-refractivity contribution < 1.29 is 50.4 Å². The fourth-order valence-electron chi connectivity index (χ4n) is 3.39. The maximum absolute atomic E-state index is 12.8. The maximum atomic E-state index is 12.8. The number of nitro benzene ring substituents is 2. The second-order valence-corrected chi connectivity index (χ2v) is 11.6. The molecule has 0 aliphatic carbocycles. The molecule has 3 rings (SSSR count). The summed E-state index contributed by atoms with van der Waals surface area (Å²) in [5.74, 6) is -0.531. The number of benzene rings is 2. The molecule has 0 saturated carbocycles. The lowest BCUT2D eigenvalue weighted by Crippen LogP contribution is -2.29. The van der Waals surface area contributed by atoms with Crippen molar-refractivity contribution in [2.75, 3.05) is 65.9 Å². The van der Waals surface area contributed by atoms with Crippen LogP contribution >= 0.6 is 0 Å². The summed E-state index contributed by atoms with van der Waals surface area (Å²) in [6.45, 7) is -0.701. The number of ether oxygens (including phenoxy) is 5. The van der Waals surface area contributed by atoms with E-state index in [1.165, 1.54) is 0 Å².